The van der Waals surface area contributed by atoms with Crippen molar-refractivity contribution in [1.82, 2.24) is 9.80 Å². The summed E-state index contributed by atoms with van der Waals surface area (Å²) in [4.78, 5) is 20.0. The second kappa shape index (κ2) is 8.40. The van der Waals surface area contributed by atoms with Crippen LogP contribution in [-0.2, 0) is 4.79 Å². The Morgan fingerprint density at radius 3 is 2.88 bits per heavy atom. The fourth-order valence-electron chi connectivity index (χ4n) is 2.58. The molecular formula is C18H22FN5O. The van der Waals surface area contributed by atoms with Gasteiger partial charge >= 0.3 is 0 Å². The second-order valence-corrected chi connectivity index (χ2v) is 6.21. The van der Waals surface area contributed by atoms with Crippen LogP contribution >= 0.6 is 0 Å². The molecule has 1 aliphatic rings. The van der Waals surface area contributed by atoms with E-state index in [4.69, 9.17) is 0 Å². The van der Waals surface area contributed by atoms with Crippen LogP contribution in [-0.4, -0.2) is 55.8 Å². The predicted octanol–water partition coefficient (Wildman–Crippen LogP) is 2.67. The van der Waals surface area contributed by atoms with Crippen LogP contribution in [0, 0.1) is 11.3 Å². The van der Waals surface area contributed by atoms with Gasteiger partial charge in [-0.25, -0.2) is 9.38 Å². The highest BCUT2D eigenvalue weighted by Crippen LogP contribution is 2.23. The number of nitrogens with zero attached hydrogens (tertiary/aromatic N) is 4. The zero-order valence-electron chi connectivity index (χ0n) is 14.7. The Labute approximate surface area is 147 Å². The lowest BCUT2D eigenvalue weighted by Gasteiger charge is -2.15. The quantitative estimate of drug-likeness (QED) is 0.507. The highest BCUT2D eigenvalue weighted by molar-refractivity contribution is 6.02. The van der Waals surface area contributed by atoms with Gasteiger partial charge in [-0.15, -0.1) is 0 Å². The maximum absolute atomic E-state index is 14.1. The number of halogens is 1. The molecular weight excluding hydrogens is 321 g/mol. The van der Waals surface area contributed by atoms with Crippen molar-refractivity contribution in [2.75, 3.05) is 33.0 Å². The zero-order chi connectivity index (χ0) is 18.4. The van der Waals surface area contributed by atoms with Gasteiger partial charge in [-0.3, -0.25) is 9.69 Å². The number of hydrogen-bond donors (Lipinski definition) is 1. The average Bonchev–Trinajstić information content (AvgIpc) is 2.98. The molecule has 0 unspecified atom stereocenters. The van der Waals surface area contributed by atoms with E-state index in [0.717, 1.165) is 19.4 Å². The maximum Gasteiger partial charge on any atom is 0.284 e. The molecule has 0 spiro atoms. The molecule has 1 atom stereocenters. The SMILES string of the molecule is CN(C)C=Nc1ccc(NC(=O)/C(F)=C\[C@H]2CCCN2C)cc1C#N. The molecule has 132 valence electrons. The summed E-state index contributed by atoms with van der Waals surface area (Å²) < 4.78 is 14.1. The van der Waals surface area contributed by atoms with Crippen molar-refractivity contribution in [3.63, 3.8) is 0 Å². The van der Waals surface area contributed by atoms with E-state index in [1.165, 1.54) is 12.1 Å². The summed E-state index contributed by atoms with van der Waals surface area (Å²) in [6.45, 7) is 0.899. The lowest BCUT2D eigenvalue weighted by Crippen LogP contribution is -2.24. The molecule has 0 aromatic heterocycles. The van der Waals surface area contributed by atoms with Gasteiger partial charge in [-0.05, 0) is 50.7 Å². The molecule has 1 aromatic rings. The highest BCUT2D eigenvalue weighted by atomic mass is 19.1. The number of likely N-dealkylation sites (tertiary alicyclic amines) is 1. The smallest absolute Gasteiger partial charge is 0.284 e. The number of nitriles is 1. The van der Waals surface area contributed by atoms with Crippen molar-refractivity contribution in [2.24, 2.45) is 4.99 Å². The number of hydrogen-bond acceptors (Lipinski definition) is 4. The summed E-state index contributed by atoms with van der Waals surface area (Å²) in [5, 5.41) is 11.7. The van der Waals surface area contributed by atoms with E-state index in [9.17, 15) is 14.4 Å². The van der Waals surface area contributed by atoms with Crippen LogP contribution in [0.2, 0.25) is 0 Å². The van der Waals surface area contributed by atoms with E-state index in [1.54, 1.807) is 23.4 Å². The number of likely N-dealkylation sites (N-methyl/N-ethyl adjacent to an activating group) is 1. The van der Waals surface area contributed by atoms with Crippen molar-refractivity contribution >= 4 is 23.6 Å². The van der Waals surface area contributed by atoms with Gasteiger partial charge in [0.15, 0.2) is 5.83 Å². The summed E-state index contributed by atoms with van der Waals surface area (Å²) in [7, 11) is 5.55. The third-order valence-electron chi connectivity index (χ3n) is 3.94. The molecule has 0 bridgehead atoms. The van der Waals surface area contributed by atoms with Gasteiger partial charge in [0, 0.05) is 25.8 Å². The first-order chi connectivity index (χ1) is 11.9. The van der Waals surface area contributed by atoms with Crippen molar-refractivity contribution in [1.29, 1.82) is 5.26 Å². The van der Waals surface area contributed by atoms with Crippen LogP contribution < -0.4 is 5.32 Å². The number of rotatable bonds is 5. The van der Waals surface area contributed by atoms with Gasteiger partial charge in [-0.1, -0.05) is 0 Å². The Morgan fingerprint density at radius 2 is 2.28 bits per heavy atom. The lowest BCUT2D eigenvalue weighted by atomic mass is 10.1. The molecule has 1 saturated heterocycles. The molecule has 1 heterocycles. The normalized spacial score (nSPS) is 18.4. The van der Waals surface area contributed by atoms with Crippen molar-refractivity contribution < 1.29 is 9.18 Å². The number of anilines is 1. The largest absolute Gasteiger partial charge is 0.369 e. The van der Waals surface area contributed by atoms with Gasteiger partial charge < -0.3 is 10.2 Å². The minimum atomic E-state index is -0.813. The van der Waals surface area contributed by atoms with Gasteiger partial charge in [0.2, 0.25) is 0 Å². The predicted molar refractivity (Wildman–Crippen MR) is 96.5 cm³/mol. The summed E-state index contributed by atoms with van der Waals surface area (Å²) in [5.74, 6) is -1.62. The van der Waals surface area contributed by atoms with Gasteiger partial charge in [0.25, 0.3) is 5.91 Å². The van der Waals surface area contributed by atoms with Crippen LogP contribution in [0.3, 0.4) is 0 Å². The first kappa shape index (κ1) is 18.6. The Bertz CT molecular complexity index is 735. The molecule has 1 aliphatic heterocycles. The lowest BCUT2D eigenvalue weighted by molar-refractivity contribution is -0.114. The monoisotopic (exact) mass is 343 g/mol. The van der Waals surface area contributed by atoms with Gasteiger partial charge in [0.1, 0.15) is 6.07 Å². The van der Waals surface area contributed by atoms with E-state index in [-0.39, 0.29) is 6.04 Å². The summed E-state index contributed by atoms with van der Waals surface area (Å²) in [5.41, 5.74) is 1.14. The molecule has 0 radical (unpaired) electrons. The van der Waals surface area contributed by atoms with Gasteiger partial charge in [-0.2, -0.15) is 5.26 Å². The Kier molecular flexibility index (Phi) is 6.25. The number of aliphatic imine (C=N–C) groups is 1. The Morgan fingerprint density at radius 1 is 1.52 bits per heavy atom. The fourth-order valence-corrected chi connectivity index (χ4v) is 2.58. The van der Waals surface area contributed by atoms with E-state index in [2.05, 4.69) is 10.3 Å². The summed E-state index contributed by atoms with van der Waals surface area (Å²) in [6, 6.07) is 6.66. The minimum Gasteiger partial charge on any atom is -0.369 e. The standard InChI is InChI=1S/C18H22FN5O/c1-23(2)12-21-17-7-6-14(9-13(17)11-20)22-18(25)16(19)10-15-5-4-8-24(15)3/h6-7,9-10,12,15H,4-5,8H2,1-3H3,(H,22,25)/b16-10+,21-12?/t15-/m1/s1. The molecule has 25 heavy (non-hydrogen) atoms. The van der Waals surface area contributed by atoms with Crippen LogP contribution in [0.25, 0.3) is 0 Å². The molecule has 1 fully saturated rings. The van der Waals surface area contributed by atoms with Crippen LogP contribution in [0.15, 0.2) is 35.1 Å². The average molecular weight is 343 g/mol. The van der Waals surface area contributed by atoms with Crippen LogP contribution in [0.4, 0.5) is 15.8 Å². The van der Waals surface area contributed by atoms with E-state index < -0.39 is 11.7 Å². The van der Waals surface area contributed by atoms with Crippen LogP contribution in [0.1, 0.15) is 18.4 Å². The molecule has 1 aromatic carbocycles. The Balaban J connectivity index is 2.10. The van der Waals surface area contributed by atoms with Crippen molar-refractivity contribution in [3.05, 3.63) is 35.7 Å². The maximum atomic E-state index is 14.1. The molecule has 1 N–H and O–H groups in total. The highest BCUT2D eigenvalue weighted by Gasteiger charge is 2.21. The molecule has 6 nitrogen and oxygen atoms in total. The zero-order valence-corrected chi connectivity index (χ0v) is 14.7. The van der Waals surface area contributed by atoms with E-state index >= 15 is 0 Å². The van der Waals surface area contributed by atoms with Crippen LogP contribution in [0.5, 0.6) is 0 Å². The van der Waals surface area contributed by atoms with Gasteiger partial charge in [0.05, 0.1) is 17.6 Å². The number of carbonyl (C=O) groups excluding carboxylic acids is 1. The van der Waals surface area contributed by atoms with Crippen molar-refractivity contribution in [3.8, 4) is 6.07 Å². The number of nitrogens with one attached hydrogen (secondary N) is 1. The minimum absolute atomic E-state index is 0.0526. The molecule has 0 saturated carbocycles. The van der Waals surface area contributed by atoms with Crippen molar-refractivity contribution in [2.45, 2.75) is 18.9 Å². The first-order valence-corrected chi connectivity index (χ1v) is 8.04. The summed E-state index contributed by atoms with van der Waals surface area (Å²) in [6.07, 6.45) is 4.76. The first-order valence-electron chi connectivity index (χ1n) is 8.04. The number of carbonyl (C=O) groups is 1. The molecule has 1 amide bonds. The number of amides is 1. The molecule has 7 heteroatoms. The molecule has 0 aliphatic carbocycles. The number of benzene rings is 1. The molecule has 2 rings (SSSR count). The van der Waals surface area contributed by atoms with E-state index in [1.807, 2.05) is 32.1 Å². The fraction of sp³-hybridized carbons (Fsp3) is 0.389. The third kappa shape index (κ3) is 5.13. The van der Waals surface area contributed by atoms with E-state index in [0.29, 0.717) is 16.9 Å². The topological polar surface area (TPSA) is 71.7 Å². The Hall–Kier alpha value is -2.72. The third-order valence-corrected chi connectivity index (χ3v) is 3.94. The second-order valence-electron chi connectivity index (χ2n) is 6.21. The summed E-state index contributed by atoms with van der Waals surface area (Å²) >= 11 is 0.